The SMILES string of the molecule is CC1(C)N(Br)CCN[C@@]1(C)Cc1cccc(-c2ccccc2)c1CN(F)C(=O)c1cccc(CC2CCNCC2)c1. The predicted octanol–water partition coefficient (Wildman–Crippen LogP) is 6.72. The van der Waals surface area contributed by atoms with Crippen LogP contribution in [0.1, 0.15) is 60.7 Å². The van der Waals surface area contributed by atoms with Crippen molar-refractivity contribution >= 4 is 22.1 Å². The standard InChI is InChI=1S/C34H42BrFN4O/c1-33(2)34(3,38-19-20-40(33)35)23-29-13-8-14-30(27-10-5-4-6-11-27)31(29)24-39(36)32(41)28-12-7-9-26(22-28)21-25-15-17-37-18-16-25/h4-14,22,25,37-38H,15-21,23-24H2,1-3H3/t34-/m0/s1. The molecule has 0 radical (unpaired) electrons. The molecule has 2 saturated heterocycles. The lowest BCUT2D eigenvalue weighted by Crippen LogP contribution is -2.69. The molecule has 218 valence electrons. The van der Waals surface area contributed by atoms with Crippen LogP contribution in [0.2, 0.25) is 0 Å². The second-order valence-corrected chi connectivity index (χ2v) is 13.2. The number of piperazine rings is 1. The lowest BCUT2D eigenvalue weighted by Gasteiger charge is -2.53. The second kappa shape index (κ2) is 12.7. The molecule has 1 atom stereocenters. The van der Waals surface area contributed by atoms with Gasteiger partial charge in [-0.1, -0.05) is 65.1 Å². The summed E-state index contributed by atoms with van der Waals surface area (Å²) in [6, 6.07) is 23.7. The summed E-state index contributed by atoms with van der Waals surface area (Å²) in [6.45, 7) is 10.3. The highest BCUT2D eigenvalue weighted by atomic mass is 79.9. The smallest absolute Gasteiger partial charge is 0.281 e. The Morgan fingerprint density at radius 1 is 1.00 bits per heavy atom. The van der Waals surface area contributed by atoms with E-state index < -0.39 is 5.91 Å². The van der Waals surface area contributed by atoms with Crippen LogP contribution in [-0.2, 0) is 19.4 Å². The van der Waals surface area contributed by atoms with Gasteiger partial charge >= 0.3 is 0 Å². The molecule has 7 heteroatoms. The third-order valence-corrected chi connectivity index (χ3v) is 10.6. The second-order valence-electron chi connectivity index (χ2n) is 12.3. The molecule has 3 aromatic rings. The monoisotopic (exact) mass is 620 g/mol. The van der Waals surface area contributed by atoms with Gasteiger partial charge in [0.25, 0.3) is 5.91 Å². The molecule has 2 aliphatic heterocycles. The number of carbonyl (C=O) groups excluding carboxylic acids is 1. The molecule has 0 aliphatic carbocycles. The third kappa shape index (κ3) is 6.59. The van der Waals surface area contributed by atoms with Crippen LogP contribution in [0, 0.1) is 5.92 Å². The molecule has 5 rings (SSSR count). The van der Waals surface area contributed by atoms with Crippen LogP contribution in [0.15, 0.2) is 72.8 Å². The van der Waals surface area contributed by atoms with Crippen molar-refractivity contribution < 1.29 is 9.28 Å². The van der Waals surface area contributed by atoms with Crippen molar-refractivity contribution in [3.63, 3.8) is 0 Å². The number of benzene rings is 3. The van der Waals surface area contributed by atoms with Crippen LogP contribution in [0.4, 0.5) is 4.48 Å². The van der Waals surface area contributed by atoms with Crippen LogP contribution >= 0.6 is 16.1 Å². The molecule has 0 saturated carbocycles. The summed E-state index contributed by atoms with van der Waals surface area (Å²) in [4.78, 5) is 13.5. The van der Waals surface area contributed by atoms with Crippen molar-refractivity contribution in [2.24, 2.45) is 5.92 Å². The highest BCUT2D eigenvalue weighted by Gasteiger charge is 2.47. The van der Waals surface area contributed by atoms with Gasteiger partial charge in [0, 0.05) is 45.9 Å². The minimum Gasteiger partial charge on any atom is -0.317 e. The summed E-state index contributed by atoms with van der Waals surface area (Å²) in [5.41, 5.74) is 4.84. The number of nitrogens with one attached hydrogen (secondary N) is 2. The molecule has 0 aromatic heterocycles. The molecule has 2 fully saturated rings. The summed E-state index contributed by atoms with van der Waals surface area (Å²) in [7, 11) is 0. The zero-order valence-corrected chi connectivity index (χ0v) is 26.0. The number of hydrogen-bond acceptors (Lipinski definition) is 4. The van der Waals surface area contributed by atoms with Crippen molar-refractivity contribution in [2.75, 3.05) is 26.2 Å². The molecule has 0 bridgehead atoms. The number of hydrogen-bond donors (Lipinski definition) is 2. The number of rotatable bonds is 8. The summed E-state index contributed by atoms with van der Waals surface area (Å²) in [5.74, 6) is -0.00205. The topological polar surface area (TPSA) is 47.6 Å². The quantitative estimate of drug-likeness (QED) is 0.275. The first kappa shape index (κ1) is 29.9. The molecule has 5 nitrogen and oxygen atoms in total. The Hall–Kier alpha value is -2.58. The molecule has 0 spiro atoms. The van der Waals surface area contributed by atoms with E-state index in [0.717, 1.165) is 73.3 Å². The molecule has 2 N–H and O–H groups in total. The van der Waals surface area contributed by atoms with Gasteiger partial charge in [-0.25, -0.2) is 3.93 Å². The van der Waals surface area contributed by atoms with Crippen molar-refractivity contribution in [1.29, 1.82) is 0 Å². The van der Waals surface area contributed by atoms with E-state index in [-0.39, 0.29) is 17.6 Å². The first-order chi connectivity index (χ1) is 19.7. The summed E-state index contributed by atoms with van der Waals surface area (Å²) >= 11 is 3.77. The molecular weight excluding hydrogens is 579 g/mol. The van der Waals surface area contributed by atoms with Gasteiger partial charge in [0.15, 0.2) is 0 Å². The Labute approximate surface area is 252 Å². The average molecular weight is 622 g/mol. The van der Waals surface area contributed by atoms with Gasteiger partial charge in [-0.3, -0.25) is 4.79 Å². The highest BCUT2D eigenvalue weighted by molar-refractivity contribution is 9.07. The predicted molar refractivity (Wildman–Crippen MR) is 168 cm³/mol. The zero-order chi connectivity index (χ0) is 29.0. The molecular formula is C34H42BrFN4O. The molecule has 1 amide bonds. The maximum atomic E-state index is 16.0. The fourth-order valence-electron chi connectivity index (χ4n) is 6.33. The summed E-state index contributed by atoms with van der Waals surface area (Å²) in [5, 5.41) is 7.54. The normalized spacial score (nSPS) is 21.5. The van der Waals surface area contributed by atoms with E-state index in [1.54, 1.807) is 6.07 Å². The minimum atomic E-state index is -0.597. The number of piperidine rings is 1. The molecule has 41 heavy (non-hydrogen) atoms. The Bertz CT molecular complexity index is 1340. The van der Waals surface area contributed by atoms with E-state index in [1.165, 1.54) is 0 Å². The van der Waals surface area contributed by atoms with Crippen molar-refractivity contribution in [3.05, 3.63) is 95.1 Å². The van der Waals surface area contributed by atoms with Crippen molar-refractivity contribution in [3.8, 4) is 11.1 Å². The van der Waals surface area contributed by atoms with Crippen LogP contribution in [0.25, 0.3) is 11.1 Å². The van der Waals surface area contributed by atoms with E-state index in [9.17, 15) is 4.79 Å². The van der Waals surface area contributed by atoms with Gasteiger partial charge in [-0.2, -0.15) is 5.12 Å². The maximum Gasteiger partial charge on any atom is 0.281 e. The van der Waals surface area contributed by atoms with Crippen LogP contribution in [0.5, 0.6) is 0 Å². The fourth-order valence-corrected chi connectivity index (χ4v) is 6.90. The van der Waals surface area contributed by atoms with Crippen LogP contribution < -0.4 is 10.6 Å². The Balaban J connectivity index is 1.44. The van der Waals surface area contributed by atoms with Gasteiger partial charge in [0.2, 0.25) is 0 Å². The lowest BCUT2D eigenvalue weighted by atomic mass is 9.74. The van der Waals surface area contributed by atoms with Gasteiger partial charge in [-0.15, -0.1) is 0 Å². The number of halogens is 2. The fraction of sp³-hybridized carbons (Fsp3) is 0.441. The van der Waals surface area contributed by atoms with E-state index in [2.05, 4.69) is 63.6 Å². The van der Waals surface area contributed by atoms with Crippen molar-refractivity contribution in [2.45, 2.75) is 64.1 Å². The Kier molecular flexibility index (Phi) is 9.29. The molecule has 3 aromatic carbocycles. The molecule has 2 heterocycles. The molecule has 0 unspecified atom stereocenters. The van der Waals surface area contributed by atoms with E-state index in [4.69, 9.17) is 0 Å². The van der Waals surface area contributed by atoms with E-state index >= 15 is 4.48 Å². The molecule has 2 aliphatic rings. The maximum absolute atomic E-state index is 16.0. The minimum absolute atomic E-state index is 0.119. The Morgan fingerprint density at radius 3 is 2.49 bits per heavy atom. The Morgan fingerprint density at radius 2 is 1.73 bits per heavy atom. The van der Waals surface area contributed by atoms with Gasteiger partial charge < -0.3 is 10.6 Å². The number of carbonyl (C=O) groups is 1. The zero-order valence-electron chi connectivity index (χ0n) is 24.4. The van der Waals surface area contributed by atoms with Gasteiger partial charge in [-0.05, 0) is 105 Å². The lowest BCUT2D eigenvalue weighted by molar-refractivity contribution is 0.0146. The van der Waals surface area contributed by atoms with Crippen molar-refractivity contribution in [1.82, 2.24) is 19.7 Å². The number of nitrogens with zero attached hydrogens (tertiary/aromatic N) is 2. The summed E-state index contributed by atoms with van der Waals surface area (Å²) in [6.07, 6.45) is 3.86. The van der Waals surface area contributed by atoms with Crippen LogP contribution in [0.3, 0.4) is 0 Å². The first-order valence-electron chi connectivity index (χ1n) is 14.8. The first-order valence-corrected chi connectivity index (χ1v) is 15.5. The van der Waals surface area contributed by atoms with Crippen LogP contribution in [-0.4, -0.2) is 52.2 Å². The average Bonchev–Trinajstić information content (AvgIpc) is 2.98. The van der Waals surface area contributed by atoms with E-state index in [1.807, 2.05) is 54.6 Å². The number of amides is 1. The third-order valence-electron chi connectivity index (χ3n) is 9.36. The van der Waals surface area contributed by atoms with Gasteiger partial charge in [0.05, 0.1) is 6.54 Å². The van der Waals surface area contributed by atoms with Gasteiger partial charge in [0.1, 0.15) is 0 Å². The largest absolute Gasteiger partial charge is 0.317 e. The van der Waals surface area contributed by atoms with E-state index in [0.29, 0.717) is 23.0 Å². The highest BCUT2D eigenvalue weighted by Crippen LogP contribution is 2.38. The summed E-state index contributed by atoms with van der Waals surface area (Å²) < 4.78 is 18.2.